The molecule has 1 unspecified atom stereocenters. The summed E-state index contributed by atoms with van der Waals surface area (Å²) in [6, 6.07) is 18.8. The van der Waals surface area contributed by atoms with Gasteiger partial charge in [0, 0.05) is 6.42 Å². The van der Waals surface area contributed by atoms with Gasteiger partial charge in [0.1, 0.15) is 0 Å². The molecule has 1 atom stereocenters. The Hall–Kier alpha value is -3.11. The largest absolute Gasteiger partial charge is 0.387 e. The minimum absolute atomic E-state index is 0.122. The molecule has 0 saturated carbocycles. The molecule has 2 aromatic carbocycles. The maximum atomic E-state index is 8.80. The lowest BCUT2D eigenvalue weighted by Gasteiger charge is -2.08. The summed E-state index contributed by atoms with van der Waals surface area (Å²) < 4.78 is 0. The Morgan fingerprint density at radius 3 is 2.05 bits per heavy atom. The van der Waals surface area contributed by atoms with Gasteiger partial charge in [-0.05, 0) is 35.4 Å². The highest BCUT2D eigenvalue weighted by molar-refractivity contribution is 6.01. The molecule has 0 radical (unpaired) electrons. The van der Waals surface area contributed by atoms with Gasteiger partial charge in [0.25, 0.3) is 0 Å². The average molecular weight is 273 g/mol. The lowest BCUT2D eigenvalue weighted by Crippen LogP contribution is -2.01. The van der Waals surface area contributed by atoms with Crippen molar-refractivity contribution >= 4 is 5.71 Å². The molecular formula is C17H11N3O. The lowest BCUT2D eigenvalue weighted by atomic mass is 9.99. The normalized spacial score (nSPS) is 16.5. The average Bonchev–Trinajstić information content (AvgIpc) is 3.05. The van der Waals surface area contributed by atoms with Crippen LogP contribution in [0.2, 0.25) is 0 Å². The first-order valence-corrected chi connectivity index (χ1v) is 6.53. The molecule has 1 aliphatic rings. The Labute approximate surface area is 122 Å². The maximum absolute atomic E-state index is 8.80. The Morgan fingerprint density at radius 2 is 1.48 bits per heavy atom. The standard InChI is InChI=1S/C17H11N3O/c18-10-12-1-5-14(6-2-12)16-9-17(21-20-16)15-7-3-13(11-19)4-8-15/h1-8,17H,9H2. The van der Waals surface area contributed by atoms with Crippen molar-refractivity contribution in [1.29, 1.82) is 10.5 Å². The molecule has 4 heteroatoms. The molecule has 100 valence electrons. The highest BCUT2D eigenvalue weighted by Crippen LogP contribution is 2.29. The van der Waals surface area contributed by atoms with E-state index >= 15 is 0 Å². The zero-order valence-corrected chi connectivity index (χ0v) is 11.2. The van der Waals surface area contributed by atoms with Crippen LogP contribution >= 0.6 is 0 Å². The quantitative estimate of drug-likeness (QED) is 0.843. The van der Waals surface area contributed by atoms with Crippen molar-refractivity contribution in [2.75, 3.05) is 0 Å². The summed E-state index contributed by atoms with van der Waals surface area (Å²) in [5, 5.41) is 21.7. The number of rotatable bonds is 2. The van der Waals surface area contributed by atoms with Crippen molar-refractivity contribution in [3.05, 3.63) is 70.8 Å². The molecule has 1 aliphatic heterocycles. The number of nitriles is 2. The Bertz CT molecular complexity index is 762. The van der Waals surface area contributed by atoms with Crippen LogP contribution < -0.4 is 0 Å². The topological polar surface area (TPSA) is 69.2 Å². The second-order valence-electron chi connectivity index (χ2n) is 4.76. The van der Waals surface area contributed by atoms with E-state index in [0.29, 0.717) is 17.5 Å². The van der Waals surface area contributed by atoms with Gasteiger partial charge in [0.2, 0.25) is 0 Å². The molecule has 0 saturated heterocycles. The van der Waals surface area contributed by atoms with E-state index in [1.54, 1.807) is 24.3 Å². The molecule has 1 heterocycles. The Kier molecular flexibility index (Phi) is 3.37. The summed E-state index contributed by atoms with van der Waals surface area (Å²) in [5.41, 5.74) is 4.09. The summed E-state index contributed by atoms with van der Waals surface area (Å²) in [7, 11) is 0. The first kappa shape index (κ1) is 12.9. The molecule has 0 fully saturated rings. The smallest absolute Gasteiger partial charge is 0.158 e. The summed E-state index contributed by atoms with van der Waals surface area (Å²) in [5.74, 6) is 0. The van der Waals surface area contributed by atoms with Crippen molar-refractivity contribution in [2.45, 2.75) is 12.5 Å². The first-order chi connectivity index (χ1) is 10.3. The van der Waals surface area contributed by atoms with E-state index in [-0.39, 0.29) is 6.10 Å². The van der Waals surface area contributed by atoms with E-state index in [1.807, 2.05) is 24.3 Å². The summed E-state index contributed by atoms with van der Waals surface area (Å²) >= 11 is 0. The van der Waals surface area contributed by atoms with Gasteiger partial charge in [-0.15, -0.1) is 0 Å². The van der Waals surface area contributed by atoms with Crippen LogP contribution in [-0.2, 0) is 4.84 Å². The van der Waals surface area contributed by atoms with E-state index in [4.69, 9.17) is 15.4 Å². The van der Waals surface area contributed by atoms with Gasteiger partial charge in [-0.2, -0.15) is 10.5 Å². The number of oxime groups is 1. The molecule has 0 amide bonds. The first-order valence-electron chi connectivity index (χ1n) is 6.53. The van der Waals surface area contributed by atoms with Gasteiger partial charge in [-0.3, -0.25) is 0 Å². The Morgan fingerprint density at radius 1 is 0.905 bits per heavy atom. The van der Waals surface area contributed by atoms with Crippen LogP contribution in [0.15, 0.2) is 53.7 Å². The van der Waals surface area contributed by atoms with E-state index in [1.165, 1.54) is 0 Å². The van der Waals surface area contributed by atoms with Crippen LogP contribution in [0.3, 0.4) is 0 Å². The fraction of sp³-hybridized carbons (Fsp3) is 0.118. The summed E-state index contributed by atoms with van der Waals surface area (Å²) in [6.45, 7) is 0. The van der Waals surface area contributed by atoms with Gasteiger partial charge in [-0.25, -0.2) is 0 Å². The van der Waals surface area contributed by atoms with E-state index in [9.17, 15) is 0 Å². The van der Waals surface area contributed by atoms with E-state index in [2.05, 4.69) is 17.3 Å². The predicted molar refractivity (Wildman–Crippen MR) is 77.3 cm³/mol. The van der Waals surface area contributed by atoms with Crippen LogP contribution in [0, 0.1) is 22.7 Å². The molecule has 0 aliphatic carbocycles. The lowest BCUT2D eigenvalue weighted by molar-refractivity contribution is 0.0857. The molecule has 0 aromatic heterocycles. The highest BCUT2D eigenvalue weighted by atomic mass is 16.6. The maximum Gasteiger partial charge on any atom is 0.158 e. The molecule has 4 nitrogen and oxygen atoms in total. The van der Waals surface area contributed by atoms with Crippen molar-refractivity contribution < 1.29 is 4.84 Å². The van der Waals surface area contributed by atoms with Crippen LogP contribution in [-0.4, -0.2) is 5.71 Å². The minimum Gasteiger partial charge on any atom is -0.387 e. The zero-order valence-electron chi connectivity index (χ0n) is 11.2. The third-order valence-electron chi connectivity index (χ3n) is 3.43. The molecule has 0 N–H and O–H groups in total. The third-order valence-corrected chi connectivity index (χ3v) is 3.43. The monoisotopic (exact) mass is 273 g/mol. The molecular weight excluding hydrogens is 262 g/mol. The SMILES string of the molecule is N#Cc1ccc(C2=NOC(c3ccc(C#N)cc3)C2)cc1. The van der Waals surface area contributed by atoms with Gasteiger partial charge in [0.05, 0.1) is 29.0 Å². The van der Waals surface area contributed by atoms with Crippen LogP contribution in [0.1, 0.15) is 34.8 Å². The highest BCUT2D eigenvalue weighted by Gasteiger charge is 2.23. The number of hydrogen-bond acceptors (Lipinski definition) is 4. The van der Waals surface area contributed by atoms with Crippen LogP contribution in [0.5, 0.6) is 0 Å². The van der Waals surface area contributed by atoms with Gasteiger partial charge >= 0.3 is 0 Å². The van der Waals surface area contributed by atoms with E-state index in [0.717, 1.165) is 16.8 Å². The molecule has 21 heavy (non-hydrogen) atoms. The van der Waals surface area contributed by atoms with Crippen LogP contribution in [0.25, 0.3) is 0 Å². The third kappa shape index (κ3) is 2.61. The fourth-order valence-electron chi connectivity index (χ4n) is 2.24. The van der Waals surface area contributed by atoms with Gasteiger partial charge in [-0.1, -0.05) is 29.4 Å². The molecule has 3 rings (SSSR count). The van der Waals surface area contributed by atoms with E-state index < -0.39 is 0 Å². The fourth-order valence-corrected chi connectivity index (χ4v) is 2.24. The summed E-state index contributed by atoms with van der Waals surface area (Å²) in [4.78, 5) is 5.48. The van der Waals surface area contributed by atoms with Crippen molar-refractivity contribution in [3.63, 3.8) is 0 Å². The zero-order chi connectivity index (χ0) is 14.7. The molecule has 2 aromatic rings. The minimum atomic E-state index is -0.122. The number of hydrogen-bond donors (Lipinski definition) is 0. The number of benzene rings is 2. The molecule has 0 spiro atoms. The van der Waals surface area contributed by atoms with Gasteiger partial charge in [0.15, 0.2) is 6.10 Å². The second kappa shape index (κ2) is 5.48. The molecule has 0 bridgehead atoms. The summed E-state index contributed by atoms with van der Waals surface area (Å²) in [6.07, 6.45) is 0.557. The Balaban J connectivity index is 1.74. The van der Waals surface area contributed by atoms with Crippen molar-refractivity contribution in [3.8, 4) is 12.1 Å². The second-order valence-corrected chi connectivity index (χ2v) is 4.76. The van der Waals surface area contributed by atoms with Crippen molar-refractivity contribution in [2.24, 2.45) is 5.16 Å². The van der Waals surface area contributed by atoms with Crippen LogP contribution in [0.4, 0.5) is 0 Å². The predicted octanol–water partition coefficient (Wildman–Crippen LogP) is 3.30. The number of nitrogens with zero attached hydrogens (tertiary/aromatic N) is 3. The van der Waals surface area contributed by atoms with Crippen molar-refractivity contribution in [1.82, 2.24) is 0 Å². The van der Waals surface area contributed by atoms with Gasteiger partial charge < -0.3 is 4.84 Å².